The van der Waals surface area contributed by atoms with Crippen molar-refractivity contribution in [1.82, 2.24) is 4.90 Å². The number of hydrogen-bond donors (Lipinski definition) is 2. The van der Waals surface area contributed by atoms with Gasteiger partial charge in [-0.05, 0) is 72.2 Å². The molecular weight excluding hydrogens is 560 g/mol. The summed E-state index contributed by atoms with van der Waals surface area (Å²) >= 11 is 1.92. The van der Waals surface area contributed by atoms with Crippen molar-refractivity contribution in [1.29, 1.82) is 0 Å². The second-order valence-corrected chi connectivity index (χ2v) is 10.7. The van der Waals surface area contributed by atoms with Gasteiger partial charge in [0.25, 0.3) is 5.91 Å². The van der Waals surface area contributed by atoms with Crippen molar-refractivity contribution in [3.05, 3.63) is 56.9 Å². The summed E-state index contributed by atoms with van der Waals surface area (Å²) in [6.07, 6.45) is 2.03. The minimum absolute atomic E-state index is 0.000209. The molecule has 0 atom stereocenters. The quantitative estimate of drug-likeness (QED) is 0.363. The lowest BCUT2D eigenvalue weighted by Gasteiger charge is -2.47. The minimum atomic E-state index is -1.30. The van der Waals surface area contributed by atoms with Gasteiger partial charge in [-0.3, -0.25) is 9.59 Å². The molecule has 9 heteroatoms. The molecule has 0 spiro atoms. The van der Waals surface area contributed by atoms with Gasteiger partial charge in [0.05, 0.1) is 35.6 Å². The van der Waals surface area contributed by atoms with Crippen LogP contribution in [0.15, 0.2) is 30.3 Å². The molecular formula is C25H28F3IN2O3. The maximum atomic E-state index is 14.6. The predicted molar refractivity (Wildman–Crippen MR) is 133 cm³/mol. The number of ketones is 1. The Balaban J connectivity index is 1.73. The molecule has 1 saturated heterocycles. The van der Waals surface area contributed by atoms with E-state index in [1.807, 2.05) is 43.4 Å². The van der Waals surface area contributed by atoms with Gasteiger partial charge in [0.1, 0.15) is 11.6 Å². The third-order valence-corrected chi connectivity index (χ3v) is 6.89. The minimum Gasteiger partial charge on any atom is -0.386 e. The number of β-amino-alcohol motifs (C(OH)–C–C–N with tert-alkyl or cyclic N) is 1. The Labute approximate surface area is 210 Å². The molecule has 2 aromatic rings. The number of anilines is 2. The molecule has 0 saturated carbocycles. The Morgan fingerprint density at radius 1 is 1.15 bits per heavy atom. The van der Waals surface area contributed by atoms with E-state index >= 15 is 0 Å². The van der Waals surface area contributed by atoms with E-state index in [0.29, 0.717) is 22.8 Å². The van der Waals surface area contributed by atoms with Gasteiger partial charge in [0.2, 0.25) is 0 Å². The molecule has 1 aliphatic rings. The molecule has 0 aromatic heterocycles. The third-order valence-electron chi connectivity index (χ3n) is 6.22. The topological polar surface area (TPSA) is 69.6 Å². The summed E-state index contributed by atoms with van der Waals surface area (Å²) in [5.74, 6) is -3.63. The second-order valence-electron chi connectivity index (χ2n) is 9.48. The van der Waals surface area contributed by atoms with E-state index in [-0.39, 0.29) is 30.1 Å². The largest absolute Gasteiger partial charge is 0.386 e. The van der Waals surface area contributed by atoms with E-state index in [0.717, 1.165) is 18.6 Å². The van der Waals surface area contributed by atoms with Crippen LogP contribution in [0.5, 0.6) is 0 Å². The number of aliphatic hydroxyl groups is 1. The summed E-state index contributed by atoms with van der Waals surface area (Å²) in [6, 6.07) is 6.17. The highest BCUT2D eigenvalue weighted by Gasteiger charge is 2.45. The molecule has 0 radical (unpaired) electrons. The first-order chi connectivity index (χ1) is 15.9. The zero-order valence-corrected chi connectivity index (χ0v) is 21.5. The normalized spacial score (nSPS) is 15.1. The Bertz CT molecular complexity index is 1100. The van der Waals surface area contributed by atoms with Crippen LogP contribution in [-0.4, -0.2) is 40.4 Å². The van der Waals surface area contributed by atoms with E-state index < -0.39 is 40.1 Å². The number of carbonyl (C=O) groups excluding carboxylic acids is 2. The monoisotopic (exact) mass is 588 g/mol. The van der Waals surface area contributed by atoms with Crippen LogP contribution in [0, 0.1) is 26.4 Å². The molecule has 34 heavy (non-hydrogen) atoms. The zero-order valence-electron chi connectivity index (χ0n) is 19.4. The fourth-order valence-electron chi connectivity index (χ4n) is 3.96. The molecule has 2 aromatic carbocycles. The van der Waals surface area contributed by atoms with Gasteiger partial charge >= 0.3 is 0 Å². The lowest BCUT2D eigenvalue weighted by Crippen LogP contribution is -2.63. The third kappa shape index (κ3) is 5.73. The number of likely N-dealkylation sites (tertiary alicyclic amines) is 1. The molecule has 1 amide bonds. The van der Waals surface area contributed by atoms with E-state index in [1.165, 1.54) is 17.0 Å². The maximum absolute atomic E-state index is 14.6. The number of Topliss-reactive ketones (excluding diaryl/α,β-unsaturated/α-hetero) is 1. The fraction of sp³-hybridized carbons (Fsp3) is 0.440. The first kappa shape index (κ1) is 26.5. The number of benzene rings is 2. The smallest absolute Gasteiger partial charge is 0.256 e. The van der Waals surface area contributed by atoms with Gasteiger partial charge in [0.15, 0.2) is 11.6 Å². The molecule has 2 N–H and O–H groups in total. The average molecular weight is 588 g/mol. The Hall–Kier alpha value is -2.14. The van der Waals surface area contributed by atoms with E-state index in [2.05, 4.69) is 5.32 Å². The fourth-order valence-corrected chi connectivity index (χ4v) is 4.42. The summed E-state index contributed by atoms with van der Waals surface area (Å²) in [7, 11) is 0. The average Bonchev–Trinajstić information content (AvgIpc) is 2.75. The number of carbonyl (C=O) groups is 2. The SMILES string of the molecule is CCCC(=O)C(C)(C)CCC1(O)CN(C(=O)c2ccc(F)c(F)c2Nc2ccc(I)cc2F)C1. The van der Waals surface area contributed by atoms with Crippen molar-refractivity contribution in [3.8, 4) is 0 Å². The second kappa shape index (κ2) is 10.2. The summed E-state index contributed by atoms with van der Waals surface area (Å²) in [5, 5.41) is 13.3. The molecule has 0 unspecified atom stereocenters. The summed E-state index contributed by atoms with van der Waals surface area (Å²) in [5.41, 5.74) is -2.47. The van der Waals surface area contributed by atoms with Gasteiger partial charge in [-0.15, -0.1) is 0 Å². The molecule has 5 nitrogen and oxygen atoms in total. The number of amides is 1. The molecule has 1 aliphatic heterocycles. The Morgan fingerprint density at radius 3 is 2.44 bits per heavy atom. The van der Waals surface area contributed by atoms with Gasteiger partial charge in [0, 0.05) is 15.4 Å². The lowest BCUT2D eigenvalue weighted by atomic mass is 9.76. The van der Waals surface area contributed by atoms with Crippen LogP contribution in [-0.2, 0) is 4.79 Å². The van der Waals surface area contributed by atoms with Crippen molar-refractivity contribution >= 4 is 45.7 Å². The molecule has 184 valence electrons. The standard InChI is InChI=1S/C25H28F3IN2O3/c1-4-5-20(32)24(2,3)10-11-25(34)13-31(14-25)23(33)16-7-8-17(26)21(28)22(16)30-19-9-6-15(29)12-18(19)27/h6-9,12,30,34H,4-5,10-11,13-14H2,1-3H3. The maximum Gasteiger partial charge on any atom is 0.256 e. The van der Waals surface area contributed by atoms with Crippen LogP contribution < -0.4 is 5.32 Å². The van der Waals surface area contributed by atoms with Crippen molar-refractivity contribution in [3.63, 3.8) is 0 Å². The van der Waals surface area contributed by atoms with Gasteiger partial charge in [-0.25, -0.2) is 13.2 Å². The van der Waals surface area contributed by atoms with Crippen molar-refractivity contribution in [2.45, 2.75) is 52.1 Å². The van der Waals surface area contributed by atoms with Crippen molar-refractivity contribution < 1.29 is 27.9 Å². The summed E-state index contributed by atoms with van der Waals surface area (Å²) < 4.78 is 43.5. The number of nitrogens with one attached hydrogen (secondary N) is 1. The first-order valence-electron chi connectivity index (χ1n) is 11.1. The highest BCUT2D eigenvalue weighted by atomic mass is 127. The molecule has 1 heterocycles. The molecule has 3 rings (SSSR count). The number of nitrogens with zero attached hydrogens (tertiary/aromatic N) is 1. The molecule has 0 aliphatic carbocycles. The highest BCUT2D eigenvalue weighted by molar-refractivity contribution is 14.1. The Morgan fingerprint density at radius 2 is 1.82 bits per heavy atom. The van der Waals surface area contributed by atoms with E-state index in [9.17, 15) is 27.9 Å². The van der Waals surface area contributed by atoms with Crippen LogP contribution in [0.25, 0.3) is 0 Å². The summed E-state index contributed by atoms with van der Waals surface area (Å²) in [6.45, 7) is 5.63. The van der Waals surface area contributed by atoms with Crippen LogP contribution >= 0.6 is 22.6 Å². The molecule has 0 bridgehead atoms. The number of hydrogen-bond acceptors (Lipinski definition) is 4. The van der Waals surface area contributed by atoms with Crippen LogP contribution in [0.1, 0.15) is 56.8 Å². The summed E-state index contributed by atoms with van der Waals surface area (Å²) in [4.78, 5) is 26.7. The first-order valence-corrected chi connectivity index (χ1v) is 12.2. The highest BCUT2D eigenvalue weighted by Crippen LogP contribution is 2.36. The number of rotatable bonds is 9. The van der Waals surface area contributed by atoms with E-state index in [1.54, 1.807) is 6.07 Å². The lowest BCUT2D eigenvalue weighted by molar-refractivity contribution is -0.129. The Kier molecular flexibility index (Phi) is 7.96. The van der Waals surface area contributed by atoms with E-state index in [4.69, 9.17) is 0 Å². The number of halogens is 4. The van der Waals surface area contributed by atoms with Crippen molar-refractivity contribution in [2.75, 3.05) is 18.4 Å². The predicted octanol–water partition coefficient (Wildman–Crippen LogP) is 5.81. The van der Waals surface area contributed by atoms with Crippen LogP contribution in [0.4, 0.5) is 24.5 Å². The van der Waals surface area contributed by atoms with Crippen LogP contribution in [0.3, 0.4) is 0 Å². The molecule has 1 fully saturated rings. The van der Waals surface area contributed by atoms with Gasteiger partial charge < -0.3 is 15.3 Å². The van der Waals surface area contributed by atoms with Crippen LogP contribution in [0.2, 0.25) is 0 Å². The van der Waals surface area contributed by atoms with Gasteiger partial charge in [-0.2, -0.15) is 0 Å². The van der Waals surface area contributed by atoms with Gasteiger partial charge in [-0.1, -0.05) is 20.8 Å². The van der Waals surface area contributed by atoms with Crippen molar-refractivity contribution in [2.24, 2.45) is 5.41 Å². The zero-order chi connectivity index (χ0) is 25.3.